The standard InChI is InChI=1S/C16H20FNO3/c1-3-5-10-18(4-2)16(21)13-11-12(6-8-14(13)17)7-9-15(19)20/h6-9,11H,3-5,10H2,1-2H3,(H,19,20). The zero-order valence-corrected chi connectivity index (χ0v) is 12.3. The summed E-state index contributed by atoms with van der Waals surface area (Å²) < 4.78 is 13.8. The van der Waals surface area contributed by atoms with E-state index in [2.05, 4.69) is 0 Å². The Morgan fingerprint density at radius 3 is 2.62 bits per heavy atom. The molecule has 0 radical (unpaired) electrons. The third-order valence-corrected chi connectivity index (χ3v) is 3.09. The van der Waals surface area contributed by atoms with Crippen molar-refractivity contribution in [1.29, 1.82) is 0 Å². The van der Waals surface area contributed by atoms with E-state index in [0.29, 0.717) is 18.7 Å². The van der Waals surface area contributed by atoms with E-state index < -0.39 is 11.8 Å². The van der Waals surface area contributed by atoms with E-state index in [1.54, 1.807) is 4.90 Å². The van der Waals surface area contributed by atoms with Gasteiger partial charge in [-0.3, -0.25) is 4.79 Å². The van der Waals surface area contributed by atoms with Gasteiger partial charge in [0.15, 0.2) is 0 Å². The molecular formula is C16H20FNO3. The molecule has 0 aromatic heterocycles. The van der Waals surface area contributed by atoms with Crippen LogP contribution in [0, 0.1) is 5.82 Å². The van der Waals surface area contributed by atoms with Crippen molar-refractivity contribution in [2.45, 2.75) is 26.7 Å². The minimum atomic E-state index is -1.09. The van der Waals surface area contributed by atoms with E-state index in [-0.39, 0.29) is 11.5 Å². The average molecular weight is 293 g/mol. The number of unbranched alkanes of at least 4 members (excludes halogenated alkanes) is 1. The van der Waals surface area contributed by atoms with Crippen LogP contribution in [-0.2, 0) is 4.79 Å². The highest BCUT2D eigenvalue weighted by Crippen LogP contribution is 2.15. The van der Waals surface area contributed by atoms with Crippen molar-refractivity contribution >= 4 is 18.0 Å². The molecular weight excluding hydrogens is 273 g/mol. The minimum Gasteiger partial charge on any atom is -0.478 e. The van der Waals surface area contributed by atoms with Crippen molar-refractivity contribution < 1.29 is 19.1 Å². The second-order valence-electron chi connectivity index (χ2n) is 4.65. The first-order valence-corrected chi connectivity index (χ1v) is 6.99. The fourth-order valence-corrected chi connectivity index (χ4v) is 1.90. The highest BCUT2D eigenvalue weighted by molar-refractivity contribution is 5.95. The number of nitrogens with zero attached hydrogens (tertiary/aromatic N) is 1. The van der Waals surface area contributed by atoms with Crippen LogP contribution in [0.5, 0.6) is 0 Å². The highest BCUT2D eigenvalue weighted by Gasteiger charge is 2.17. The number of carboxylic acid groups (broad SMARTS) is 1. The number of carbonyl (C=O) groups is 2. The molecule has 5 heteroatoms. The van der Waals surface area contributed by atoms with Crippen LogP contribution >= 0.6 is 0 Å². The summed E-state index contributed by atoms with van der Waals surface area (Å²) in [5.41, 5.74) is 0.453. The van der Waals surface area contributed by atoms with Gasteiger partial charge in [0.25, 0.3) is 5.91 Å². The van der Waals surface area contributed by atoms with Gasteiger partial charge in [-0.1, -0.05) is 19.4 Å². The molecule has 1 N–H and O–H groups in total. The zero-order valence-electron chi connectivity index (χ0n) is 12.3. The SMILES string of the molecule is CCCCN(CC)C(=O)c1cc(C=CC(=O)O)ccc1F. The number of hydrogen-bond donors (Lipinski definition) is 1. The Balaban J connectivity index is 3.01. The molecule has 1 amide bonds. The van der Waals surface area contributed by atoms with Gasteiger partial charge >= 0.3 is 5.97 Å². The molecule has 0 atom stereocenters. The fraction of sp³-hybridized carbons (Fsp3) is 0.375. The second-order valence-corrected chi connectivity index (χ2v) is 4.65. The van der Waals surface area contributed by atoms with Crippen molar-refractivity contribution in [3.05, 3.63) is 41.2 Å². The summed E-state index contributed by atoms with van der Waals surface area (Å²) in [4.78, 5) is 24.4. The van der Waals surface area contributed by atoms with E-state index in [1.165, 1.54) is 24.3 Å². The van der Waals surface area contributed by atoms with Crippen molar-refractivity contribution in [3.63, 3.8) is 0 Å². The predicted octanol–water partition coefficient (Wildman–Crippen LogP) is 3.19. The number of halogens is 1. The molecule has 0 aliphatic heterocycles. The first-order chi connectivity index (χ1) is 9.99. The van der Waals surface area contributed by atoms with Gasteiger partial charge in [-0.05, 0) is 37.1 Å². The molecule has 0 spiro atoms. The number of carbonyl (C=O) groups excluding carboxylic acids is 1. The summed E-state index contributed by atoms with van der Waals surface area (Å²) in [5, 5.41) is 8.60. The van der Waals surface area contributed by atoms with E-state index in [0.717, 1.165) is 18.9 Å². The summed E-state index contributed by atoms with van der Waals surface area (Å²) in [6.45, 7) is 4.96. The number of amides is 1. The third kappa shape index (κ3) is 5.02. The molecule has 1 aromatic carbocycles. The van der Waals surface area contributed by atoms with Gasteiger partial charge in [0, 0.05) is 19.2 Å². The first-order valence-electron chi connectivity index (χ1n) is 6.99. The smallest absolute Gasteiger partial charge is 0.328 e. The van der Waals surface area contributed by atoms with Crippen LogP contribution in [-0.4, -0.2) is 35.0 Å². The van der Waals surface area contributed by atoms with Crippen molar-refractivity contribution in [3.8, 4) is 0 Å². The van der Waals surface area contributed by atoms with E-state index in [4.69, 9.17) is 5.11 Å². The molecule has 0 aliphatic rings. The van der Waals surface area contributed by atoms with Crippen molar-refractivity contribution in [1.82, 2.24) is 4.90 Å². The van der Waals surface area contributed by atoms with Gasteiger partial charge in [0.2, 0.25) is 0 Å². The monoisotopic (exact) mass is 293 g/mol. The minimum absolute atomic E-state index is 0.0273. The van der Waals surface area contributed by atoms with Gasteiger partial charge in [0.1, 0.15) is 5.82 Å². The zero-order chi connectivity index (χ0) is 15.8. The molecule has 0 heterocycles. The van der Waals surface area contributed by atoms with Crippen LogP contribution in [0.15, 0.2) is 24.3 Å². The summed E-state index contributed by atoms with van der Waals surface area (Å²) in [6, 6.07) is 4.00. The molecule has 1 rings (SSSR count). The van der Waals surface area contributed by atoms with Crippen LogP contribution in [0.25, 0.3) is 6.08 Å². The molecule has 0 saturated heterocycles. The van der Waals surface area contributed by atoms with Crippen molar-refractivity contribution in [2.75, 3.05) is 13.1 Å². The van der Waals surface area contributed by atoms with E-state index in [9.17, 15) is 14.0 Å². The highest BCUT2D eigenvalue weighted by atomic mass is 19.1. The number of aliphatic carboxylic acids is 1. The van der Waals surface area contributed by atoms with Gasteiger partial charge in [0.05, 0.1) is 5.56 Å². The molecule has 0 saturated carbocycles. The van der Waals surface area contributed by atoms with Crippen LogP contribution in [0.3, 0.4) is 0 Å². The van der Waals surface area contributed by atoms with Crippen molar-refractivity contribution in [2.24, 2.45) is 0 Å². The maximum Gasteiger partial charge on any atom is 0.328 e. The molecule has 1 aromatic rings. The van der Waals surface area contributed by atoms with Crippen LogP contribution in [0.1, 0.15) is 42.6 Å². The number of carboxylic acids is 1. The molecule has 114 valence electrons. The lowest BCUT2D eigenvalue weighted by Gasteiger charge is -2.21. The summed E-state index contributed by atoms with van der Waals surface area (Å²) >= 11 is 0. The molecule has 0 bridgehead atoms. The Morgan fingerprint density at radius 2 is 2.05 bits per heavy atom. The van der Waals surface area contributed by atoms with Crippen LogP contribution < -0.4 is 0 Å². The van der Waals surface area contributed by atoms with Gasteiger partial charge in [-0.2, -0.15) is 0 Å². The quantitative estimate of drug-likeness (QED) is 0.785. The molecule has 0 aliphatic carbocycles. The van der Waals surface area contributed by atoms with Crippen LogP contribution in [0.2, 0.25) is 0 Å². The summed E-state index contributed by atoms with van der Waals surface area (Å²) in [5.74, 6) is -2.05. The van der Waals surface area contributed by atoms with Crippen LogP contribution in [0.4, 0.5) is 4.39 Å². The molecule has 4 nitrogen and oxygen atoms in total. The Bertz CT molecular complexity index is 540. The van der Waals surface area contributed by atoms with Gasteiger partial charge < -0.3 is 10.0 Å². The first kappa shape index (κ1) is 16.9. The molecule has 0 unspecified atom stereocenters. The maximum absolute atomic E-state index is 13.8. The fourth-order valence-electron chi connectivity index (χ4n) is 1.90. The number of benzene rings is 1. The number of rotatable bonds is 7. The van der Waals surface area contributed by atoms with E-state index >= 15 is 0 Å². The Kier molecular flexibility index (Phi) is 6.59. The van der Waals surface area contributed by atoms with E-state index in [1.807, 2.05) is 13.8 Å². The molecule has 0 fully saturated rings. The normalized spacial score (nSPS) is 10.8. The Labute approximate surface area is 123 Å². The van der Waals surface area contributed by atoms with Gasteiger partial charge in [-0.25, -0.2) is 9.18 Å². The average Bonchev–Trinajstić information content (AvgIpc) is 2.46. The topological polar surface area (TPSA) is 57.6 Å². The predicted molar refractivity (Wildman–Crippen MR) is 79.6 cm³/mol. The summed E-state index contributed by atoms with van der Waals surface area (Å²) in [7, 11) is 0. The lowest BCUT2D eigenvalue weighted by atomic mass is 10.1. The Morgan fingerprint density at radius 1 is 1.33 bits per heavy atom. The number of hydrogen-bond acceptors (Lipinski definition) is 2. The lowest BCUT2D eigenvalue weighted by Crippen LogP contribution is -2.32. The summed E-state index contributed by atoms with van der Waals surface area (Å²) in [6.07, 6.45) is 4.10. The Hall–Kier alpha value is -2.17. The molecule has 21 heavy (non-hydrogen) atoms. The largest absolute Gasteiger partial charge is 0.478 e. The lowest BCUT2D eigenvalue weighted by molar-refractivity contribution is -0.131. The van der Waals surface area contributed by atoms with Gasteiger partial charge in [-0.15, -0.1) is 0 Å². The second kappa shape index (κ2) is 8.19. The maximum atomic E-state index is 13.8. The third-order valence-electron chi connectivity index (χ3n) is 3.09.